The Bertz CT molecular complexity index is 824. The second kappa shape index (κ2) is 6.72. The molecule has 0 saturated heterocycles. The summed E-state index contributed by atoms with van der Waals surface area (Å²) < 4.78 is 8.62. The molecule has 1 heterocycles. The molecule has 0 saturated carbocycles. The highest BCUT2D eigenvalue weighted by Gasteiger charge is 2.13. The highest BCUT2D eigenvalue weighted by molar-refractivity contribution is 9.10. The number of ether oxygens (including phenoxy) is 1. The number of aliphatic hydroxyl groups excluding tert-OH is 1. The fourth-order valence-corrected chi connectivity index (χ4v) is 2.90. The fourth-order valence-electron chi connectivity index (χ4n) is 2.61. The van der Waals surface area contributed by atoms with Crippen molar-refractivity contribution in [1.29, 1.82) is 0 Å². The minimum atomic E-state index is -0.626. The lowest BCUT2D eigenvalue weighted by atomic mass is 10.1. The van der Waals surface area contributed by atoms with Crippen LogP contribution in [0.3, 0.4) is 0 Å². The third-order valence-electron chi connectivity index (χ3n) is 3.86. The third kappa shape index (κ3) is 3.41. The first-order chi connectivity index (χ1) is 11.1. The van der Waals surface area contributed by atoms with Crippen LogP contribution in [0.2, 0.25) is 0 Å². The number of aromatic nitrogens is 2. The summed E-state index contributed by atoms with van der Waals surface area (Å²) in [6.07, 6.45) is -0.626. The second-order valence-corrected chi connectivity index (χ2v) is 6.40. The van der Waals surface area contributed by atoms with Crippen molar-refractivity contribution in [2.24, 2.45) is 0 Å². The van der Waals surface area contributed by atoms with Gasteiger partial charge in [0.25, 0.3) is 0 Å². The van der Waals surface area contributed by atoms with Crippen molar-refractivity contribution in [1.82, 2.24) is 9.78 Å². The van der Waals surface area contributed by atoms with Gasteiger partial charge in [0.2, 0.25) is 0 Å². The maximum Gasteiger partial charge on any atom is 0.127 e. The zero-order valence-corrected chi connectivity index (χ0v) is 14.7. The molecule has 120 valence electrons. The summed E-state index contributed by atoms with van der Waals surface area (Å²) in [5.41, 5.74) is 1.93. The van der Waals surface area contributed by atoms with E-state index in [-0.39, 0.29) is 6.61 Å². The number of halogens is 1. The number of nitrogens with zero attached hydrogens (tertiary/aromatic N) is 2. The molecule has 0 aliphatic carbocycles. The van der Waals surface area contributed by atoms with Crippen LogP contribution in [0.15, 0.2) is 46.9 Å². The summed E-state index contributed by atoms with van der Waals surface area (Å²) in [7, 11) is 0. The van der Waals surface area contributed by atoms with Gasteiger partial charge in [0.1, 0.15) is 18.5 Å². The van der Waals surface area contributed by atoms with E-state index in [2.05, 4.69) is 21.0 Å². The van der Waals surface area contributed by atoms with Gasteiger partial charge < -0.3 is 9.84 Å². The number of fused-ring (bicyclic) bond motifs is 1. The molecule has 0 bridgehead atoms. The Labute approximate surface area is 143 Å². The van der Waals surface area contributed by atoms with Gasteiger partial charge in [0.15, 0.2) is 0 Å². The number of aryl methyl sites for hydroxylation is 1. The summed E-state index contributed by atoms with van der Waals surface area (Å²) in [4.78, 5) is 0. The van der Waals surface area contributed by atoms with Crippen LogP contribution in [0.5, 0.6) is 5.75 Å². The lowest BCUT2D eigenvalue weighted by molar-refractivity contribution is 0.0894. The van der Waals surface area contributed by atoms with Crippen LogP contribution in [0.4, 0.5) is 0 Å². The van der Waals surface area contributed by atoms with Gasteiger partial charge in [-0.25, -0.2) is 0 Å². The van der Waals surface area contributed by atoms with E-state index in [4.69, 9.17) is 4.74 Å². The summed E-state index contributed by atoms with van der Waals surface area (Å²) in [6, 6.07) is 14.0. The molecule has 0 spiro atoms. The van der Waals surface area contributed by atoms with Crippen molar-refractivity contribution in [3.05, 3.63) is 58.3 Å². The van der Waals surface area contributed by atoms with Gasteiger partial charge >= 0.3 is 0 Å². The molecule has 4 nitrogen and oxygen atoms in total. The van der Waals surface area contributed by atoms with Crippen molar-refractivity contribution < 1.29 is 9.84 Å². The standard InChI is InChI=1S/C18H19BrN2O2/c1-12-18(19)13(2)21(20-12)10-15(22)11-23-17-9-5-7-14-6-3-4-8-16(14)17/h3-9,15,22H,10-11H2,1-2H3. The van der Waals surface area contributed by atoms with Gasteiger partial charge in [-0.2, -0.15) is 5.10 Å². The number of aliphatic hydroxyl groups is 1. The smallest absolute Gasteiger partial charge is 0.127 e. The van der Waals surface area contributed by atoms with Gasteiger partial charge in [0, 0.05) is 11.1 Å². The summed E-state index contributed by atoms with van der Waals surface area (Å²) >= 11 is 3.50. The minimum Gasteiger partial charge on any atom is -0.490 e. The Morgan fingerprint density at radius 3 is 2.65 bits per heavy atom. The SMILES string of the molecule is Cc1nn(CC(O)COc2cccc3ccccc23)c(C)c1Br. The van der Waals surface area contributed by atoms with Crippen molar-refractivity contribution in [2.45, 2.75) is 26.5 Å². The Balaban J connectivity index is 1.68. The molecule has 1 aromatic heterocycles. The Hall–Kier alpha value is -1.85. The van der Waals surface area contributed by atoms with E-state index in [1.165, 1.54) is 0 Å². The lowest BCUT2D eigenvalue weighted by Crippen LogP contribution is -2.24. The van der Waals surface area contributed by atoms with E-state index in [0.717, 1.165) is 32.4 Å². The zero-order chi connectivity index (χ0) is 16.4. The van der Waals surface area contributed by atoms with E-state index >= 15 is 0 Å². The van der Waals surface area contributed by atoms with Gasteiger partial charge in [-0.1, -0.05) is 36.4 Å². The second-order valence-electron chi connectivity index (χ2n) is 5.61. The Morgan fingerprint density at radius 1 is 1.17 bits per heavy atom. The first kappa shape index (κ1) is 16.0. The largest absolute Gasteiger partial charge is 0.490 e. The van der Waals surface area contributed by atoms with Gasteiger partial charge in [-0.3, -0.25) is 4.68 Å². The molecule has 0 amide bonds. The van der Waals surface area contributed by atoms with Crippen LogP contribution >= 0.6 is 15.9 Å². The molecule has 0 fully saturated rings. The molecule has 1 atom stereocenters. The average Bonchev–Trinajstić information content (AvgIpc) is 2.80. The van der Waals surface area contributed by atoms with E-state index in [9.17, 15) is 5.11 Å². The predicted octanol–water partition coefficient (Wildman–Crippen LogP) is 3.86. The highest BCUT2D eigenvalue weighted by atomic mass is 79.9. The van der Waals surface area contributed by atoms with Crippen LogP contribution in [-0.2, 0) is 6.54 Å². The molecule has 0 aliphatic rings. The molecule has 5 heteroatoms. The van der Waals surface area contributed by atoms with Crippen molar-refractivity contribution >= 4 is 26.7 Å². The lowest BCUT2D eigenvalue weighted by Gasteiger charge is -2.15. The first-order valence-corrected chi connectivity index (χ1v) is 8.33. The maximum atomic E-state index is 10.3. The van der Waals surface area contributed by atoms with Crippen molar-refractivity contribution in [3.63, 3.8) is 0 Å². The third-order valence-corrected chi connectivity index (χ3v) is 5.01. The van der Waals surface area contributed by atoms with Gasteiger partial charge in [-0.15, -0.1) is 0 Å². The zero-order valence-electron chi connectivity index (χ0n) is 13.2. The number of benzene rings is 2. The molecule has 1 N–H and O–H groups in total. The Morgan fingerprint density at radius 2 is 1.91 bits per heavy atom. The molecule has 3 rings (SSSR count). The molecular formula is C18H19BrN2O2. The molecule has 2 aromatic carbocycles. The molecule has 23 heavy (non-hydrogen) atoms. The van der Waals surface area contributed by atoms with E-state index in [1.807, 2.05) is 56.3 Å². The summed E-state index contributed by atoms with van der Waals surface area (Å²) in [5.74, 6) is 0.789. The molecule has 0 aliphatic heterocycles. The topological polar surface area (TPSA) is 47.3 Å². The van der Waals surface area contributed by atoms with Crippen molar-refractivity contribution in [2.75, 3.05) is 6.61 Å². The van der Waals surface area contributed by atoms with Crippen LogP contribution in [0.25, 0.3) is 10.8 Å². The van der Waals surface area contributed by atoms with Crippen LogP contribution < -0.4 is 4.74 Å². The van der Waals surface area contributed by atoms with Crippen LogP contribution in [0, 0.1) is 13.8 Å². The van der Waals surface area contributed by atoms with Crippen LogP contribution in [-0.4, -0.2) is 27.6 Å². The molecule has 3 aromatic rings. The molecular weight excluding hydrogens is 356 g/mol. The highest BCUT2D eigenvalue weighted by Crippen LogP contribution is 2.25. The summed E-state index contributed by atoms with van der Waals surface area (Å²) in [6.45, 7) is 4.54. The van der Waals surface area contributed by atoms with Gasteiger partial charge in [-0.05, 0) is 41.2 Å². The quantitative estimate of drug-likeness (QED) is 0.737. The maximum absolute atomic E-state index is 10.3. The van der Waals surface area contributed by atoms with E-state index in [1.54, 1.807) is 4.68 Å². The fraction of sp³-hybridized carbons (Fsp3) is 0.278. The van der Waals surface area contributed by atoms with E-state index < -0.39 is 6.10 Å². The molecule has 0 radical (unpaired) electrons. The average molecular weight is 375 g/mol. The first-order valence-electron chi connectivity index (χ1n) is 7.54. The molecule has 1 unspecified atom stereocenters. The number of hydrogen-bond donors (Lipinski definition) is 1. The monoisotopic (exact) mass is 374 g/mol. The van der Waals surface area contributed by atoms with Gasteiger partial charge in [0.05, 0.1) is 16.7 Å². The number of rotatable bonds is 5. The normalized spacial score (nSPS) is 12.5. The number of hydrogen-bond acceptors (Lipinski definition) is 3. The predicted molar refractivity (Wildman–Crippen MR) is 94.9 cm³/mol. The van der Waals surface area contributed by atoms with Crippen LogP contribution in [0.1, 0.15) is 11.4 Å². The van der Waals surface area contributed by atoms with Crippen molar-refractivity contribution in [3.8, 4) is 5.75 Å². The van der Waals surface area contributed by atoms with E-state index in [0.29, 0.717) is 6.54 Å². The minimum absolute atomic E-state index is 0.226. The Kier molecular flexibility index (Phi) is 4.68. The summed E-state index contributed by atoms with van der Waals surface area (Å²) in [5, 5.41) is 16.8.